The van der Waals surface area contributed by atoms with Gasteiger partial charge < -0.3 is 15.3 Å². The molecule has 0 aliphatic carbocycles. The minimum absolute atomic E-state index is 0.0181. The normalized spacial score (nSPS) is 15.4. The Labute approximate surface area is 86.3 Å². The van der Waals surface area contributed by atoms with Crippen molar-refractivity contribution in [3.8, 4) is 0 Å². The Morgan fingerprint density at radius 3 is 2.36 bits per heavy atom. The Morgan fingerprint density at radius 1 is 1.50 bits per heavy atom. The molecule has 0 saturated carbocycles. The van der Waals surface area contributed by atoms with E-state index in [2.05, 4.69) is 5.32 Å². The maximum absolute atomic E-state index is 11.2. The lowest BCUT2D eigenvalue weighted by molar-refractivity contribution is -0.127. The third-order valence-electron chi connectivity index (χ3n) is 2.50. The fraction of sp³-hybridized carbons (Fsp3) is 0.900. The van der Waals surface area contributed by atoms with Crippen LogP contribution in [0.2, 0.25) is 0 Å². The second-order valence-electron chi connectivity index (χ2n) is 4.40. The molecule has 0 fully saturated rings. The molecule has 0 aromatic heterocycles. The quantitative estimate of drug-likeness (QED) is 0.663. The number of likely N-dealkylation sites (N-methyl/N-ethyl adjacent to an activating group) is 1. The van der Waals surface area contributed by atoms with Gasteiger partial charge in [-0.3, -0.25) is 4.79 Å². The maximum atomic E-state index is 11.2. The number of carbonyl (C=O) groups is 1. The molecule has 0 aromatic carbocycles. The summed E-state index contributed by atoms with van der Waals surface area (Å²) in [5.41, 5.74) is -0.757. The first-order valence-electron chi connectivity index (χ1n) is 4.90. The summed E-state index contributed by atoms with van der Waals surface area (Å²) >= 11 is 0. The zero-order valence-electron chi connectivity index (χ0n) is 9.79. The van der Waals surface area contributed by atoms with E-state index in [0.29, 0.717) is 6.54 Å². The first kappa shape index (κ1) is 13.4. The molecule has 0 bridgehead atoms. The summed E-state index contributed by atoms with van der Waals surface area (Å²) in [5, 5.41) is 12.8. The van der Waals surface area contributed by atoms with E-state index < -0.39 is 5.60 Å². The molecular formula is C10H22N2O2. The minimum Gasteiger partial charge on any atom is -0.389 e. The van der Waals surface area contributed by atoms with E-state index in [1.807, 2.05) is 13.8 Å². The topological polar surface area (TPSA) is 52.6 Å². The van der Waals surface area contributed by atoms with Crippen LogP contribution in [0.5, 0.6) is 0 Å². The SMILES string of the molecule is CC(C)C(C)(O)CNCC(=O)N(C)C. The second kappa shape index (κ2) is 5.32. The van der Waals surface area contributed by atoms with Gasteiger partial charge >= 0.3 is 0 Å². The molecule has 0 saturated heterocycles. The summed E-state index contributed by atoms with van der Waals surface area (Å²) in [6.07, 6.45) is 0. The lowest BCUT2D eigenvalue weighted by Crippen LogP contribution is -2.45. The van der Waals surface area contributed by atoms with Crippen molar-refractivity contribution in [1.82, 2.24) is 10.2 Å². The molecule has 1 amide bonds. The molecule has 4 heteroatoms. The first-order valence-corrected chi connectivity index (χ1v) is 4.90. The summed E-state index contributed by atoms with van der Waals surface area (Å²) in [6, 6.07) is 0. The van der Waals surface area contributed by atoms with Gasteiger partial charge in [0.15, 0.2) is 0 Å². The van der Waals surface area contributed by atoms with Crippen molar-refractivity contribution in [2.75, 3.05) is 27.2 Å². The lowest BCUT2D eigenvalue weighted by atomic mass is 9.93. The number of aliphatic hydroxyl groups is 1. The Balaban J connectivity index is 3.80. The Bertz CT molecular complexity index is 189. The van der Waals surface area contributed by atoms with Crippen molar-refractivity contribution in [2.45, 2.75) is 26.4 Å². The van der Waals surface area contributed by atoms with Gasteiger partial charge in [0.05, 0.1) is 12.1 Å². The van der Waals surface area contributed by atoms with Crippen LogP contribution in [0.1, 0.15) is 20.8 Å². The van der Waals surface area contributed by atoms with Gasteiger partial charge in [-0.1, -0.05) is 13.8 Å². The van der Waals surface area contributed by atoms with Gasteiger partial charge in [-0.2, -0.15) is 0 Å². The van der Waals surface area contributed by atoms with Crippen LogP contribution in [0.3, 0.4) is 0 Å². The van der Waals surface area contributed by atoms with E-state index in [4.69, 9.17) is 0 Å². The number of carbonyl (C=O) groups excluding carboxylic acids is 1. The molecule has 0 aliphatic heterocycles. The molecular weight excluding hydrogens is 180 g/mol. The van der Waals surface area contributed by atoms with E-state index in [9.17, 15) is 9.90 Å². The van der Waals surface area contributed by atoms with Crippen molar-refractivity contribution in [2.24, 2.45) is 5.92 Å². The maximum Gasteiger partial charge on any atom is 0.236 e. The Hall–Kier alpha value is -0.610. The fourth-order valence-corrected chi connectivity index (χ4v) is 0.785. The van der Waals surface area contributed by atoms with Crippen molar-refractivity contribution in [3.63, 3.8) is 0 Å². The number of hydrogen-bond acceptors (Lipinski definition) is 3. The Kier molecular flexibility index (Phi) is 5.08. The standard InChI is InChI=1S/C10H22N2O2/c1-8(2)10(3,14)7-11-6-9(13)12(4)5/h8,11,14H,6-7H2,1-5H3. The van der Waals surface area contributed by atoms with Crippen LogP contribution in [-0.2, 0) is 4.79 Å². The summed E-state index contributed by atoms with van der Waals surface area (Å²) in [7, 11) is 3.43. The highest BCUT2D eigenvalue weighted by Gasteiger charge is 2.24. The molecule has 4 nitrogen and oxygen atoms in total. The third-order valence-corrected chi connectivity index (χ3v) is 2.50. The van der Waals surface area contributed by atoms with Gasteiger partial charge in [-0.25, -0.2) is 0 Å². The second-order valence-corrected chi connectivity index (χ2v) is 4.40. The minimum atomic E-state index is -0.757. The highest BCUT2D eigenvalue weighted by Crippen LogP contribution is 2.14. The zero-order valence-corrected chi connectivity index (χ0v) is 9.79. The zero-order chi connectivity index (χ0) is 11.4. The monoisotopic (exact) mass is 202 g/mol. The molecule has 14 heavy (non-hydrogen) atoms. The predicted octanol–water partition coefficient (Wildman–Crippen LogP) is 0.0712. The van der Waals surface area contributed by atoms with Crippen LogP contribution >= 0.6 is 0 Å². The molecule has 84 valence electrons. The highest BCUT2D eigenvalue weighted by molar-refractivity contribution is 5.77. The smallest absolute Gasteiger partial charge is 0.236 e. The number of nitrogens with one attached hydrogen (secondary N) is 1. The van der Waals surface area contributed by atoms with Crippen LogP contribution in [0.15, 0.2) is 0 Å². The summed E-state index contributed by atoms with van der Waals surface area (Å²) in [5.74, 6) is 0.189. The number of nitrogens with zero attached hydrogens (tertiary/aromatic N) is 1. The molecule has 0 heterocycles. The molecule has 0 aliphatic rings. The van der Waals surface area contributed by atoms with Crippen molar-refractivity contribution in [1.29, 1.82) is 0 Å². The van der Waals surface area contributed by atoms with E-state index in [0.717, 1.165) is 0 Å². The van der Waals surface area contributed by atoms with E-state index in [1.54, 1.807) is 21.0 Å². The van der Waals surface area contributed by atoms with Gasteiger partial charge in [-0.15, -0.1) is 0 Å². The number of hydrogen-bond donors (Lipinski definition) is 2. The van der Waals surface area contributed by atoms with Gasteiger partial charge in [-0.05, 0) is 12.8 Å². The predicted molar refractivity (Wildman–Crippen MR) is 57.0 cm³/mol. The average molecular weight is 202 g/mol. The molecule has 0 rings (SSSR count). The average Bonchev–Trinajstić information content (AvgIpc) is 2.03. The van der Waals surface area contributed by atoms with E-state index in [1.165, 1.54) is 4.90 Å². The van der Waals surface area contributed by atoms with Crippen molar-refractivity contribution < 1.29 is 9.90 Å². The van der Waals surface area contributed by atoms with Gasteiger partial charge in [0.1, 0.15) is 0 Å². The summed E-state index contributed by atoms with van der Waals surface area (Å²) in [4.78, 5) is 12.7. The molecule has 1 atom stereocenters. The highest BCUT2D eigenvalue weighted by atomic mass is 16.3. The van der Waals surface area contributed by atoms with Crippen LogP contribution in [-0.4, -0.2) is 48.7 Å². The number of rotatable bonds is 5. The summed E-state index contributed by atoms with van der Waals surface area (Å²) < 4.78 is 0. The van der Waals surface area contributed by atoms with Gasteiger partial charge in [0, 0.05) is 20.6 Å². The van der Waals surface area contributed by atoms with Gasteiger partial charge in [0.2, 0.25) is 5.91 Å². The molecule has 0 aromatic rings. The fourth-order valence-electron chi connectivity index (χ4n) is 0.785. The summed E-state index contributed by atoms with van der Waals surface area (Å²) in [6.45, 7) is 6.38. The lowest BCUT2D eigenvalue weighted by Gasteiger charge is -2.28. The van der Waals surface area contributed by atoms with Crippen molar-refractivity contribution in [3.05, 3.63) is 0 Å². The number of amides is 1. The Morgan fingerprint density at radius 2 is 2.00 bits per heavy atom. The molecule has 0 radical (unpaired) electrons. The first-order chi connectivity index (χ1) is 6.27. The van der Waals surface area contributed by atoms with Gasteiger partial charge in [0.25, 0.3) is 0 Å². The van der Waals surface area contributed by atoms with Crippen molar-refractivity contribution >= 4 is 5.91 Å². The molecule has 1 unspecified atom stereocenters. The van der Waals surface area contributed by atoms with E-state index >= 15 is 0 Å². The largest absolute Gasteiger partial charge is 0.389 e. The van der Waals surface area contributed by atoms with Crippen LogP contribution < -0.4 is 5.32 Å². The van der Waals surface area contributed by atoms with Crippen LogP contribution in [0.4, 0.5) is 0 Å². The molecule has 0 spiro atoms. The van der Waals surface area contributed by atoms with E-state index in [-0.39, 0.29) is 18.4 Å². The third kappa shape index (κ3) is 4.58. The van der Waals surface area contributed by atoms with Crippen LogP contribution in [0.25, 0.3) is 0 Å². The molecule has 2 N–H and O–H groups in total. The van der Waals surface area contributed by atoms with Crippen LogP contribution in [0, 0.1) is 5.92 Å².